The zero-order chi connectivity index (χ0) is 66.3. The first kappa shape index (κ1) is 69.4. The van der Waals surface area contributed by atoms with Gasteiger partial charge in [-0.2, -0.15) is 0 Å². The maximum Gasteiger partial charge on any atom is 0.343 e. The predicted octanol–water partition coefficient (Wildman–Crippen LogP) is 0.0585. The van der Waals surface area contributed by atoms with Crippen LogP contribution in [0.5, 0.6) is 0 Å². The molecule has 8 amide bonds. The molecule has 498 valence electrons. The molecule has 1 saturated heterocycles. The van der Waals surface area contributed by atoms with Gasteiger partial charge in [0.15, 0.2) is 5.60 Å². The van der Waals surface area contributed by atoms with Crippen LogP contribution in [-0.4, -0.2) is 201 Å². The fourth-order valence-corrected chi connectivity index (χ4v) is 12.1. The Morgan fingerprint density at radius 2 is 1.32 bits per heavy atom. The van der Waals surface area contributed by atoms with E-state index in [1.165, 1.54) is 15.5 Å². The lowest BCUT2D eigenvalue weighted by Crippen LogP contribution is -2.58. The molecule has 2 aromatic carbocycles. The van der Waals surface area contributed by atoms with Crippen LogP contribution in [0.15, 0.2) is 35.1 Å². The molecule has 0 saturated carbocycles. The largest absolute Gasteiger partial charge is 0.458 e. The minimum absolute atomic E-state index is 0.00247. The van der Waals surface area contributed by atoms with Crippen LogP contribution in [0.1, 0.15) is 87.4 Å². The number of aryl methyl sites for hydroxylation is 1. The van der Waals surface area contributed by atoms with Crippen molar-refractivity contribution in [3.63, 3.8) is 0 Å². The molecule has 1 aliphatic carbocycles. The first-order valence-corrected chi connectivity index (χ1v) is 32.4. The van der Waals surface area contributed by atoms with Gasteiger partial charge in [-0.3, -0.25) is 43.2 Å². The summed E-state index contributed by atoms with van der Waals surface area (Å²) in [7, 11) is 0. The number of halogens is 3. The number of carbonyl (C=O) groups is 9. The summed E-state index contributed by atoms with van der Waals surface area (Å²) in [6.45, 7) is 2.63. The summed E-state index contributed by atoms with van der Waals surface area (Å²) in [6.07, 6.45) is 0.562. The highest BCUT2D eigenvalue weighted by Gasteiger charge is 2.46. The van der Waals surface area contributed by atoms with Crippen LogP contribution >= 0.6 is 31.9 Å². The molecule has 8 N–H and O–H groups in total. The molecule has 6 heterocycles. The molecule has 1 unspecified atom stereocenters. The number of aliphatic hydroxyl groups is 1. The quantitative estimate of drug-likeness (QED) is 0.0162. The lowest BCUT2D eigenvalue weighted by Gasteiger charge is -2.36. The van der Waals surface area contributed by atoms with E-state index in [0.717, 1.165) is 11.4 Å². The van der Waals surface area contributed by atoms with Crippen LogP contribution in [0.25, 0.3) is 33.3 Å². The monoisotopic (exact) mass is 1420 g/mol. The van der Waals surface area contributed by atoms with Crippen molar-refractivity contribution in [2.24, 2.45) is 0 Å². The average molecular weight is 1420 g/mol. The van der Waals surface area contributed by atoms with Crippen molar-refractivity contribution < 1.29 is 81.1 Å². The smallest absolute Gasteiger partial charge is 0.343 e. The molecule has 0 radical (unpaired) electrons. The summed E-state index contributed by atoms with van der Waals surface area (Å²) in [5.41, 5.74) is 4.31. The number of pyridine rings is 2. The molecule has 3 atom stereocenters. The molecule has 4 aliphatic rings. The molecule has 32 heteroatoms. The predicted molar refractivity (Wildman–Crippen MR) is 335 cm³/mol. The third kappa shape index (κ3) is 16.7. The SMILES string of the molecule is CC[C@]1(O)C(=O)OCc2c1cc1n(c2=O)Cc2c-1nc1cc(F)c(C)c3c1c2[C@H](NC(=O)C1COCCN1C(=O)CNC(=O)CNC(=O)CNC(=O)CNC(=O)CNC(=O)CCOCCOCCOCCOCCNC(=O)c1ccc2nc(CBr)c(CBr)nc2c1)CC3. The van der Waals surface area contributed by atoms with Crippen LogP contribution in [-0.2, 0) is 103 Å². The van der Waals surface area contributed by atoms with E-state index in [1.807, 2.05) is 0 Å². The zero-order valence-corrected chi connectivity index (χ0v) is 54.2. The highest BCUT2D eigenvalue weighted by atomic mass is 79.9. The van der Waals surface area contributed by atoms with Gasteiger partial charge in [0.25, 0.3) is 11.5 Å². The van der Waals surface area contributed by atoms with Crippen LogP contribution < -0.4 is 42.8 Å². The molecule has 5 aromatic rings. The fourth-order valence-electron chi connectivity index (χ4n) is 11.2. The molecule has 3 aromatic heterocycles. The molecule has 93 heavy (non-hydrogen) atoms. The highest BCUT2D eigenvalue weighted by molar-refractivity contribution is 9.09. The van der Waals surface area contributed by atoms with Crippen molar-refractivity contribution in [2.45, 2.75) is 81.0 Å². The number of ether oxygens (including phenoxy) is 6. The number of esters is 1. The van der Waals surface area contributed by atoms with Crippen molar-refractivity contribution in [1.29, 1.82) is 0 Å². The Balaban J connectivity index is 0.606. The number of cyclic esters (lactones) is 1. The van der Waals surface area contributed by atoms with Crippen LogP contribution in [0.4, 0.5) is 4.39 Å². The second-order valence-electron chi connectivity index (χ2n) is 22.0. The first-order valence-electron chi connectivity index (χ1n) is 30.2. The van der Waals surface area contributed by atoms with E-state index in [2.05, 4.69) is 79.0 Å². The van der Waals surface area contributed by atoms with E-state index in [-0.39, 0.29) is 88.1 Å². The maximum atomic E-state index is 15.5. The molecule has 0 bridgehead atoms. The average Bonchev–Trinajstić information content (AvgIpc) is 1.62. The van der Waals surface area contributed by atoms with E-state index in [4.69, 9.17) is 33.4 Å². The maximum absolute atomic E-state index is 15.5. The van der Waals surface area contributed by atoms with Gasteiger partial charge >= 0.3 is 5.97 Å². The van der Waals surface area contributed by atoms with Crippen molar-refractivity contribution in [3.05, 3.63) is 96.8 Å². The van der Waals surface area contributed by atoms with Crippen molar-refractivity contribution in [2.75, 3.05) is 112 Å². The number of morpholine rings is 1. The van der Waals surface area contributed by atoms with Gasteiger partial charge in [-0.25, -0.2) is 24.1 Å². The highest BCUT2D eigenvalue weighted by Crippen LogP contribution is 2.46. The standard InChI is InChI=1S/C61H71Br2FN12O17/c1-3-61(87)38-21-46-56-36(30-76(46)59(85)37(38)31-93-60(61)86)55-41(7-5-35-33(2)39(64)22-43(73-56)54(35)55)74-58(84)47-32-92-13-10-75(47)53(82)29-70-52(81)28-69-51(80)27-68-50(79)26-67-49(78)25-66-48(77)8-11-88-14-16-90-18-19-91-17-15-89-12-9-65-57(83)34-4-6-40-42(20-34)72-45(24-63)44(23-62)71-40/h4,6,20-22,41,47,87H,3,5,7-19,23-32H2,1-2H3,(H,65,83)(H,66,77)(H,67,78)(H,68,79)(H,69,80)(H,70,81)(H,74,84)/t41-,47?,61-/m1/s1. The van der Waals surface area contributed by atoms with Gasteiger partial charge in [0, 0.05) is 58.3 Å². The second-order valence-corrected chi connectivity index (χ2v) is 23.1. The summed E-state index contributed by atoms with van der Waals surface area (Å²) in [4.78, 5) is 145. The number of amides is 8. The lowest BCUT2D eigenvalue weighted by atomic mass is 9.81. The number of nitrogens with zero attached hydrogens (tertiary/aromatic N) is 5. The normalized spacial score (nSPS) is 17.0. The lowest BCUT2D eigenvalue weighted by molar-refractivity contribution is -0.172. The molecule has 3 aliphatic heterocycles. The van der Waals surface area contributed by atoms with Crippen molar-refractivity contribution in [3.8, 4) is 11.4 Å². The zero-order valence-electron chi connectivity index (χ0n) is 51.1. The third-order valence-corrected chi connectivity index (χ3v) is 17.2. The Morgan fingerprint density at radius 1 is 0.720 bits per heavy atom. The van der Waals surface area contributed by atoms with Crippen molar-refractivity contribution in [1.82, 2.24) is 61.6 Å². The Morgan fingerprint density at radius 3 is 1.96 bits per heavy atom. The van der Waals surface area contributed by atoms with E-state index >= 15 is 4.39 Å². The molecular weight excluding hydrogens is 1350 g/mol. The Kier molecular flexibility index (Phi) is 24.0. The molecule has 0 spiro atoms. The van der Waals surface area contributed by atoms with Gasteiger partial charge < -0.3 is 80.2 Å². The number of rotatable bonds is 31. The number of alkyl halides is 2. The number of aromatic nitrogens is 4. The fraction of sp³-hybridized carbons (Fsp3) is 0.492. The van der Waals surface area contributed by atoms with Gasteiger partial charge in [0.1, 0.15) is 18.5 Å². The summed E-state index contributed by atoms with van der Waals surface area (Å²) in [5.74, 6) is -6.22. The number of hydrogen-bond acceptors (Lipinski definition) is 20. The number of hydrogen-bond donors (Lipinski definition) is 8. The Bertz CT molecular complexity index is 3780. The minimum atomic E-state index is -2.08. The van der Waals surface area contributed by atoms with Gasteiger partial charge in [0.2, 0.25) is 41.4 Å². The minimum Gasteiger partial charge on any atom is -0.458 e. The van der Waals surface area contributed by atoms with Crippen LogP contribution in [0.2, 0.25) is 0 Å². The molecular formula is C61H71Br2FN12O17. The topological polar surface area (TPSA) is 377 Å². The van der Waals surface area contributed by atoms with E-state index < -0.39 is 109 Å². The Labute approximate surface area is 548 Å². The van der Waals surface area contributed by atoms with Crippen LogP contribution in [0.3, 0.4) is 0 Å². The number of benzene rings is 2. The summed E-state index contributed by atoms with van der Waals surface area (Å²) >= 11 is 6.85. The van der Waals surface area contributed by atoms with E-state index in [1.54, 1.807) is 38.1 Å². The van der Waals surface area contributed by atoms with Gasteiger partial charge in [-0.15, -0.1) is 0 Å². The summed E-state index contributed by atoms with van der Waals surface area (Å²) in [6, 6.07) is 6.18. The van der Waals surface area contributed by atoms with Crippen molar-refractivity contribution >= 4 is 107 Å². The van der Waals surface area contributed by atoms with Crippen LogP contribution in [0, 0.1) is 12.7 Å². The van der Waals surface area contributed by atoms with Gasteiger partial charge in [-0.1, -0.05) is 38.8 Å². The van der Waals surface area contributed by atoms with E-state index in [9.17, 15) is 53.1 Å². The summed E-state index contributed by atoms with van der Waals surface area (Å²) in [5, 5.41) is 30.8. The second kappa shape index (κ2) is 32.2. The van der Waals surface area contributed by atoms with E-state index in [0.29, 0.717) is 119 Å². The number of fused-ring (bicyclic) bond motifs is 6. The number of nitrogens with one attached hydrogen (secondary N) is 7. The molecule has 9 rings (SSSR count). The van der Waals surface area contributed by atoms with Gasteiger partial charge in [-0.05, 0) is 67.1 Å². The molecule has 1 fully saturated rings. The number of carbonyl (C=O) groups excluding carboxylic acids is 9. The molecule has 29 nitrogen and oxygen atoms in total. The Hall–Kier alpha value is -7.98. The summed E-state index contributed by atoms with van der Waals surface area (Å²) < 4.78 is 49.7. The third-order valence-electron chi connectivity index (χ3n) is 16.1. The first-order chi connectivity index (χ1) is 44.8. The van der Waals surface area contributed by atoms with Gasteiger partial charge in [0.05, 0.1) is 156 Å².